The van der Waals surface area contributed by atoms with E-state index in [0.717, 1.165) is 12.1 Å². The molecule has 0 aliphatic carbocycles. The molecule has 1 rings (SSSR count). The average Bonchev–Trinajstić information content (AvgIpc) is 2.27. The number of nitrogens with one attached hydrogen (secondary N) is 1. The lowest BCUT2D eigenvalue weighted by Crippen LogP contribution is -2.46. The Balaban J connectivity index is 2.76. The number of benzene rings is 1. The van der Waals surface area contributed by atoms with Gasteiger partial charge in [0.15, 0.2) is 0 Å². The van der Waals surface area contributed by atoms with E-state index in [0.29, 0.717) is 0 Å². The summed E-state index contributed by atoms with van der Waals surface area (Å²) in [5.74, 6) is 0. The maximum absolute atomic E-state index is 5.71. The number of hydrogen-bond donors (Lipinski definition) is 2. The van der Waals surface area contributed by atoms with Crippen LogP contribution in [0.5, 0.6) is 0 Å². The monoisotopic (exact) mass is 208 g/mol. The van der Waals surface area contributed by atoms with Crippen LogP contribution in [0.3, 0.4) is 0 Å². The number of methoxy groups -OCH3 is 1. The molecule has 3 nitrogen and oxygen atoms in total. The molecule has 1 aromatic carbocycles. The summed E-state index contributed by atoms with van der Waals surface area (Å²) in [6.45, 7) is 4.69. The molecule has 84 valence electrons. The minimum Gasteiger partial charge on any atom is -0.360 e. The normalized spacial score (nSPS) is 17.1. The zero-order valence-corrected chi connectivity index (χ0v) is 9.66. The van der Waals surface area contributed by atoms with Crippen LogP contribution in [0.15, 0.2) is 30.3 Å². The molecule has 0 radical (unpaired) electrons. The SMILES string of the molecule is COC(C)(NCC(C)N)c1ccccc1. The Kier molecular flexibility index (Phi) is 4.27. The fraction of sp³-hybridized carbons (Fsp3) is 0.500. The summed E-state index contributed by atoms with van der Waals surface area (Å²) >= 11 is 0. The van der Waals surface area contributed by atoms with E-state index in [1.54, 1.807) is 7.11 Å². The van der Waals surface area contributed by atoms with Gasteiger partial charge in [0.1, 0.15) is 5.72 Å². The van der Waals surface area contributed by atoms with Gasteiger partial charge in [0.25, 0.3) is 0 Å². The number of rotatable bonds is 5. The standard InChI is InChI=1S/C12H20N2O/c1-10(13)9-14-12(2,15-3)11-7-5-4-6-8-11/h4-8,10,14H,9,13H2,1-3H3. The molecule has 1 aromatic rings. The van der Waals surface area contributed by atoms with Crippen LogP contribution in [-0.4, -0.2) is 19.7 Å². The molecule has 0 amide bonds. The topological polar surface area (TPSA) is 47.3 Å². The lowest BCUT2D eigenvalue weighted by Gasteiger charge is -2.30. The van der Waals surface area contributed by atoms with E-state index < -0.39 is 5.72 Å². The molecule has 3 heteroatoms. The molecular formula is C12H20N2O. The number of ether oxygens (including phenoxy) is 1. The second-order valence-electron chi connectivity index (χ2n) is 3.96. The highest BCUT2D eigenvalue weighted by Crippen LogP contribution is 2.20. The second kappa shape index (κ2) is 5.26. The zero-order valence-electron chi connectivity index (χ0n) is 9.66. The van der Waals surface area contributed by atoms with Crippen molar-refractivity contribution >= 4 is 0 Å². The smallest absolute Gasteiger partial charge is 0.142 e. The number of hydrogen-bond acceptors (Lipinski definition) is 3. The van der Waals surface area contributed by atoms with Crippen molar-refractivity contribution in [2.24, 2.45) is 5.73 Å². The third-order valence-corrected chi connectivity index (χ3v) is 2.49. The number of nitrogens with two attached hydrogens (primary N) is 1. The Morgan fingerprint density at radius 1 is 1.40 bits per heavy atom. The quantitative estimate of drug-likeness (QED) is 0.720. The van der Waals surface area contributed by atoms with Gasteiger partial charge in [0.05, 0.1) is 0 Å². The molecule has 0 heterocycles. The average molecular weight is 208 g/mol. The fourth-order valence-electron chi connectivity index (χ4n) is 1.40. The molecular weight excluding hydrogens is 188 g/mol. The third-order valence-electron chi connectivity index (χ3n) is 2.49. The Morgan fingerprint density at radius 3 is 2.47 bits per heavy atom. The summed E-state index contributed by atoms with van der Waals surface area (Å²) in [5.41, 5.74) is 6.36. The summed E-state index contributed by atoms with van der Waals surface area (Å²) in [5, 5.41) is 3.31. The third kappa shape index (κ3) is 3.30. The van der Waals surface area contributed by atoms with Crippen molar-refractivity contribution in [3.63, 3.8) is 0 Å². The molecule has 3 N–H and O–H groups in total. The van der Waals surface area contributed by atoms with Gasteiger partial charge in [-0.2, -0.15) is 0 Å². The van der Waals surface area contributed by atoms with Crippen molar-refractivity contribution < 1.29 is 4.74 Å². The largest absolute Gasteiger partial charge is 0.360 e. The molecule has 2 unspecified atom stereocenters. The maximum Gasteiger partial charge on any atom is 0.142 e. The summed E-state index contributed by atoms with van der Waals surface area (Å²) in [6, 6.07) is 10.2. The Bertz CT molecular complexity index is 287. The van der Waals surface area contributed by atoms with Gasteiger partial charge in [-0.05, 0) is 19.4 Å². The molecule has 2 atom stereocenters. The van der Waals surface area contributed by atoms with Gasteiger partial charge in [0, 0.05) is 19.7 Å². The van der Waals surface area contributed by atoms with E-state index in [9.17, 15) is 0 Å². The van der Waals surface area contributed by atoms with Gasteiger partial charge < -0.3 is 10.5 Å². The highest BCUT2D eigenvalue weighted by molar-refractivity contribution is 5.21. The molecule has 0 saturated heterocycles. The van der Waals surface area contributed by atoms with Crippen molar-refractivity contribution in [2.75, 3.05) is 13.7 Å². The maximum atomic E-state index is 5.71. The van der Waals surface area contributed by atoms with Crippen LogP contribution >= 0.6 is 0 Å². The summed E-state index contributed by atoms with van der Waals surface area (Å²) in [6.07, 6.45) is 0. The highest BCUT2D eigenvalue weighted by atomic mass is 16.5. The molecule has 15 heavy (non-hydrogen) atoms. The lowest BCUT2D eigenvalue weighted by molar-refractivity contribution is -0.0291. The van der Waals surface area contributed by atoms with Crippen molar-refractivity contribution in [1.82, 2.24) is 5.32 Å². The van der Waals surface area contributed by atoms with Crippen LogP contribution in [0.2, 0.25) is 0 Å². The van der Waals surface area contributed by atoms with E-state index in [4.69, 9.17) is 10.5 Å². The first-order chi connectivity index (χ1) is 7.08. The molecule has 0 bridgehead atoms. The molecule has 0 saturated carbocycles. The first kappa shape index (κ1) is 12.2. The van der Waals surface area contributed by atoms with E-state index in [1.807, 2.05) is 44.2 Å². The fourth-order valence-corrected chi connectivity index (χ4v) is 1.40. The van der Waals surface area contributed by atoms with Gasteiger partial charge in [-0.1, -0.05) is 30.3 Å². The Morgan fingerprint density at radius 2 is 2.00 bits per heavy atom. The predicted molar refractivity (Wildman–Crippen MR) is 62.5 cm³/mol. The van der Waals surface area contributed by atoms with Crippen molar-refractivity contribution in [3.05, 3.63) is 35.9 Å². The van der Waals surface area contributed by atoms with Gasteiger partial charge in [-0.25, -0.2) is 0 Å². The summed E-state index contributed by atoms with van der Waals surface area (Å²) in [4.78, 5) is 0. The lowest BCUT2D eigenvalue weighted by atomic mass is 10.0. The van der Waals surface area contributed by atoms with Crippen LogP contribution < -0.4 is 11.1 Å². The molecule has 0 spiro atoms. The summed E-state index contributed by atoms with van der Waals surface area (Å²) < 4.78 is 5.51. The van der Waals surface area contributed by atoms with Crippen molar-refractivity contribution in [3.8, 4) is 0 Å². The van der Waals surface area contributed by atoms with Crippen LogP contribution in [-0.2, 0) is 10.5 Å². The van der Waals surface area contributed by atoms with E-state index in [-0.39, 0.29) is 6.04 Å². The van der Waals surface area contributed by atoms with Crippen molar-refractivity contribution in [1.29, 1.82) is 0 Å². The first-order valence-electron chi connectivity index (χ1n) is 5.20. The van der Waals surface area contributed by atoms with Crippen LogP contribution in [0.4, 0.5) is 0 Å². The van der Waals surface area contributed by atoms with E-state index in [2.05, 4.69) is 5.32 Å². The van der Waals surface area contributed by atoms with E-state index >= 15 is 0 Å². The molecule has 0 aromatic heterocycles. The van der Waals surface area contributed by atoms with Crippen LogP contribution in [0, 0.1) is 0 Å². The van der Waals surface area contributed by atoms with Crippen molar-refractivity contribution in [2.45, 2.75) is 25.6 Å². The van der Waals surface area contributed by atoms with Gasteiger partial charge >= 0.3 is 0 Å². The predicted octanol–water partition coefficient (Wildman–Crippen LogP) is 1.44. The van der Waals surface area contributed by atoms with E-state index in [1.165, 1.54) is 0 Å². The Hall–Kier alpha value is -0.900. The van der Waals surface area contributed by atoms with Crippen LogP contribution in [0.1, 0.15) is 19.4 Å². The minimum atomic E-state index is -0.463. The van der Waals surface area contributed by atoms with Gasteiger partial charge in [0.2, 0.25) is 0 Å². The molecule has 0 aliphatic rings. The van der Waals surface area contributed by atoms with Gasteiger partial charge in [-0.15, -0.1) is 0 Å². The van der Waals surface area contributed by atoms with Gasteiger partial charge in [-0.3, -0.25) is 5.32 Å². The summed E-state index contributed by atoms with van der Waals surface area (Å²) in [7, 11) is 1.70. The highest BCUT2D eigenvalue weighted by Gasteiger charge is 2.24. The minimum absolute atomic E-state index is 0.114. The molecule has 0 fully saturated rings. The Labute approximate surface area is 91.6 Å². The second-order valence-corrected chi connectivity index (χ2v) is 3.96. The molecule has 0 aliphatic heterocycles. The van der Waals surface area contributed by atoms with Crippen LogP contribution in [0.25, 0.3) is 0 Å². The first-order valence-corrected chi connectivity index (χ1v) is 5.20. The zero-order chi connectivity index (χ0) is 11.3.